The van der Waals surface area contributed by atoms with Crippen molar-refractivity contribution < 1.29 is 28.7 Å². The number of halogens is 1. The third-order valence-electron chi connectivity index (χ3n) is 3.77. The summed E-state index contributed by atoms with van der Waals surface area (Å²) in [5, 5.41) is 19.0. The van der Waals surface area contributed by atoms with E-state index in [4.69, 9.17) is 9.47 Å². The molecule has 0 bridgehead atoms. The van der Waals surface area contributed by atoms with Gasteiger partial charge in [-0.25, -0.2) is 9.18 Å². The summed E-state index contributed by atoms with van der Waals surface area (Å²) in [4.78, 5) is 12.4. The average molecular weight is 366 g/mol. The molecule has 3 rings (SSSR count). The third kappa shape index (κ3) is 4.94. The first-order chi connectivity index (χ1) is 13.0. The van der Waals surface area contributed by atoms with Crippen LogP contribution in [0.15, 0.2) is 72.8 Å². The number of carbonyl (C=O) groups is 1. The molecule has 0 saturated carbocycles. The normalized spacial score (nSPS) is 10.3. The SMILES string of the molecule is O=C(OCc1ccccc1)c1cc(Oc2cccc(F)c2)ccc1B(O)O. The molecule has 0 aliphatic rings. The van der Waals surface area contributed by atoms with Gasteiger partial charge in [0.2, 0.25) is 0 Å². The van der Waals surface area contributed by atoms with Gasteiger partial charge in [-0.1, -0.05) is 42.5 Å². The maximum Gasteiger partial charge on any atom is 0.489 e. The fourth-order valence-corrected chi connectivity index (χ4v) is 2.47. The quantitative estimate of drug-likeness (QED) is 0.518. The number of benzene rings is 3. The molecule has 7 heteroatoms. The van der Waals surface area contributed by atoms with Crippen LogP contribution >= 0.6 is 0 Å². The smallest absolute Gasteiger partial charge is 0.457 e. The molecule has 0 heterocycles. The fourth-order valence-electron chi connectivity index (χ4n) is 2.47. The monoisotopic (exact) mass is 366 g/mol. The number of esters is 1. The first-order valence-electron chi connectivity index (χ1n) is 8.17. The summed E-state index contributed by atoms with van der Waals surface area (Å²) in [6.07, 6.45) is 0. The highest BCUT2D eigenvalue weighted by Crippen LogP contribution is 2.23. The lowest BCUT2D eigenvalue weighted by molar-refractivity contribution is 0.0473. The van der Waals surface area contributed by atoms with Gasteiger partial charge in [0.05, 0.1) is 5.56 Å². The Bertz CT molecular complexity index is 931. The predicted molar refractivity (Wildman–Crippen MR) is 98.3 cm³/mol. The van der Waals surface area contributed by atoms with Gasteiger partial charge in [-0.05, 0) is 35.3 Å². The molecular formula is C20H16BFO5. The van der Waals surface area contributed by atoms with Crippen LogP contribution in [0.2, 0.25) is 0 Å². The second-order valence-corrected chi connectivity index (χ2v) is 5.74. The largest absolute Gasteiger partial charge is 0.489 e. The second kappa shape index (κ2) is 8.48. The molecule has 3 aromatic rings. The summed E-state index contributed by atoms with van der Waals surface area (Å²) in [6, 6.07) is 18.7. The van der Waals surface area contributed by atoms with E-state index in [1.165, 1.54) is 36.4 Å². The van der Waals surface area contributed by atoms with Crippen LogP contribution in [0.25, 0.3) is 0 Å². The minimum Gasteiger partial charge on any atom is -0.457 e. The van der Waals surface area contributed by atoms with Gasteiger partial charge < -0.3 is 19.5 Å². The standard InChI is InChI=1S/C20H16BFO5/c22-15-7-4-8-16(11-15)27-17-9-10-19(21(24)25)18(12-17)20(23)26-13-14-5-2-1-3-6-14/h1-12,24-25H,13H2. The van der Waals surface area contributed by atoms with Crippen LogP contribution in [0.3, 0.4) is 0 Å². The van der Waals surface area contributed by atoms with E-state index in [-0.39, 0.29) is 29.1 Å². The molecule has 0 unspecified atom stereocenters. The van der Waals surface area contributed by atoms with Gasteiger partial charge in [-0.3, -0.25) is 0 Å². The highest BCUT2D eigenvalue weighted by atomic mass is 19.1. The molecule has 0 aliphatic heterocycles. The van der Waals surface area contributed by atoms with Crippen LogP contribution in [0, 0.1) is 5.82 Å². The highest BCUT2D eigenvalue weighted by Gasteiger charge is 2.22. The van der Waals surface area contributed by atoms with Crippen molar-refractivity contribution >= 4 is 18.6 Å². The van der Waals surface area contributed by atoms with Gasteiger partial charge >= 0.3 is 13.1 Å². The lowest BCUT2D eigenvalue weighted by Crippen LogP contribution is -2.35. The van der Waals surface area contributed by atoms with Crippen LogP contribution in [-0.4, -0.2) is 23.1 Å². The number of rotatable bonds is 6. The van der Waals surface area contributed by atoms with Crippen molar-refractivity contribution in [1.82, 2.24) is 0 Å². The number of hydrogen-bond acceptors (Lipinski definition) is 5. The molecule has 5 nitrogen and oxygen atoms in total. The Labute approximate surface area is 155 Å². The Morgan fingerprint density at radius 2 is 1.67 bits per heavy atom. The zero-order valence-electron chi connectivity index (χ0n) is 14.2. The van der Waals surface area contributed by atoms with E-state index in [0.717, 1.165) is 5.56 Å². The molecule has 0 radical (unpaired) electrons. The van der Waals surface area contributed by atoms with Gasteiger partial charge in [-0.2, -0.15) is 0 Å². The summed E-state index contributed by atoms with van der Waals surface area (Å²) in [5.41, 5.74) is 0.735. The molecule has 0 atom stereocenters. The van der Waals surface area contributed by atoms with Crippen molar-refractivity contribution in [3.63, 3.8) is 0 Å². The van der Waals surface area contributed by atoms with E-state index in [9.17, 15) is 19.2 Å². The summed E-state index contributed by atoms with van der Waals surface area (Å²) < 4.78 is 24.1. The third-order valence-corrected chi connectivity index (χ3v) is 3.77. The van der Waals surface area contributed by atoms with E-state index < -0.39 is 18.9 Å². The summed E-state index contributed by atoms with van der Waals surface area (Å²) >= 11 is 0. The Hall–Kier alpha value is -3.16. The summed E-state index contributed by atoms with van der Waals surface area (Å²) in [6.45, 7) is 0.0373. The molecule has 0 aliphatic carbocycles. The molecule has 3 aromatic carbocycles. The lowest BCUT2D eigenvalue weighted by atomic mass is 9.77. The van der Waals surface area contributed by atoms with Gasteiger partial charge in [0.1, 0.15) is 23.9 Å². The molecule has 0 spiro atoms. The van der Waals surface area contributed by atoms with E-state index in [2.05, 4.69) is 0 Å². The molecule has 0 aromatic heterocycles. The topological polar surface area (TPSA) is 76.0 Å². The van der Waals surface area contributed by atoms with E-state index in [1.54, 1.807) is 18.2 Å². The van der Waals surface area contributed by atoms with Crippen LogP contribution in [0.1, 0.15) is 15.9 Å². The van der Waals surface area contributed by atoms with E-state index in [0.29, 0.717) is 0 Å². The maximum atomic E-state index is 13.3. The van der Waals surface area contributed by atoms with Gasteiger partial charge in [0.15, 0.2) is 0 Å². The maximum absolute atomic E-state index is 13.3. The Morgan fingerprint density at radius 1 is 0.926 bits per heavy atom. The van der Waals surface area contributed by atoms with Gasteiger partial charge in [-0.15, -0.1) is 0 Å². The molecule has 0 saturated heterocycles. The van der Waals surface area contributed by atoms with E-state index in [1.807, 2.05) is 18.2 Å². The number of carbonyl (C=O) groups excluding carboxylic acids is 1. The van der Waals surface area contributed by atoms with Crippen LogP contribution in [-0.2, 0) is 11.3 Å². The number of ether oxygens (including phenoxy) is 2. The highest BCUT2D eigenvalue weighted by molar-refractivity contribution is 6.60. The molecule has 0 fully saturated rings. The Balaban J connectivity index is 1.81. The second-order valence-electron chi connectivity index (χ2n) is 5.74. The molecular weight excluding hydrogens is 350 g/mol. The Kier molecular flexibility index (Phi) is 5.85. The van der Waals surface area contributed by atoms with Crippen molar-refractivity contribution in [3.8, 4) is 11.5 Å². The van der Waals surface area contributed by atoms with Crippen molar-refractivity contribution in [2.45, 2.75) is 6.61 Å². The lowest BCUT2D eigenvalue weighted by Gasteiger charge is -2.12. The van der Waals surface area contributed by atoms with Crippen LogP contribution < -0.4 is 10.2 Å². The predicted octanol–water partition coefficient (Wildman–Crippen LogP) is 2.65. The zero-order valence-corrected chi connectivity index (χ0v) is 14.2. The molecule has 0 amide bonds. The summed E-state index contributed by atoms with van der Waals surface area (Å²) in [7, 11) is -1.85. The van der Waals surface area contributed by atoms with Crippen molar-refractivity contribution in [2.75, 3.05) is 0 Å². The molecule has 136 valence electrons. The van der Waals surface area contributed by atoms with Gasteiger partial charge in [0, 0.05) is 6.07 Å². The van der Waals surface area contributed by atoms with Crippen molar-refractivity contribution in [2.24, 2.45) is 0 Å². The first-order valence-corrected chi connectivity index (χ1v) is 8.17. The minimum atomic E-state index is -1.85. The van der Waals surface area contributed by atoms with Crippen LogP contribution in [0.5, 0.6) is 11.5 Å². The number of hydrogen-bond donors (Lipinski definition) is 2. The molecule has 27 heavy (non-hydrogen) atoms. The van der Waals surface area contributed by atoms with Crippen LogP contribution in [0.4, 0.5) is 4.39 Å². The van der Waals surface area contributed by atoms with Crippen molar-refractivity contribution in [1.29, 1.82) is 0 Å². The zero-order chi connectivity index (χ0) is 19.2. The van der Waals surface area contributed by atoms with E-state index >= 15 is 0 Å². The first kappa shape index (κ1) is 18.6. The van der Waals surface area contributed by atoms with Crippen molar-refractivity contribution in [3.05, 3.63) is 89.7 Å². The average Bonchev–Trinajstić information content (AvgIpc) is 2.66. The van der Waals surface area contributed by atoms with Gasteiger partial charge in [0.25, 0.3) is 0 Å². The Morgan fingerprint density at radius 3 is 2.37 bits per heavy atom. The summed E-state index contributed by atoms with van der Waals surface area (Å²) in [5.74, 6) is -0.711. The fraction of sp³-hybridized carbons (Fsp3) is 0.0500. The minimum absolute atomic E-state index is 0.0142. The molecule has 2 N–H and O–H groups in total.